The first-order chi connectivity index (χ1) is 15.1. The number of aldehydes is 1. The van der Waals surface area contributed by atoms with Gasteiger partial charge in [-0.2, -0.15) is 0 Å². The Bertz CT molecular complexity index is 599. The van der Waals surface area contributed by atoms with E-state index in [9.17, 15) is 4.79 Å². The smallest absolute Gasteiger partial charge is 0.149 e. The molecule has 1 unspecified atom stereocenters. The number of nitrogens with two attached hydrogens (primary N) is 1. The van der Waals surface area contributed by atoms with Gasteiger partial charge >= 0.3 is 0 Å². The van der Waals surface area contributed by atoms with Crippen LogP contribution in [-0.4, -0.2) is 37.6 Å². The predicted octanol–water partition coefficient (Wildman–Crippen LogP) is 5.39. The van der Waals surface area contributed by atoms with Crippen LogP contribution in [0, 0.1) is 11.8 Å². The van der Waals surface area contributed by atoms with Crippen molar-refractivity contribution in [1.82, 2.24) is 0 Å². The third-order valence-electron chi connectivity index (χ3n) is 5.92. The molecule has 0 heterocycles. The number of nitrogens with one attached hydrogen (secondary N) is 1. The molecule has 176 valence electrons. The number of hydrogen-bond acceptors (Lipinski definition) is 5. The zero-order chi connectivity index (χ0) is 22.7. The number of rotatable bonds is 13. The highest BCUT2D eigenvalue weighted by Gasteiger charge is 2.12. The lowest BCUT2D eigenvalue weighted by atomic mass is 9.90. The summed E-state index contributed by atoms with van der Waals surface area (Å²) in [6.07, 6.45) is 14.6. The number of benzene rings is 1. The second-order valence-corrected chi connectivity index (χ2v) is 8.37. The molecule has 0 radical (unpaired) electrons. The molecule has 6 nitrogen and oxygen atoms in total. The van der Waals surface area contributed by atoms with Crippen LogP contribution in [0.15, 0.2) is 29.4 Å². The first-order valence-corrected chi connectivity index (χ1v) is 11.9. The maximum absolute atomic E-state index is 10.1. The Balaban J connectivity index is 0.000000452. The highest BCUT2D eigenvalue weighted by Crippen LogP contribution is 2.23. The number of unbranched alkanes of at least 4 members (excludes halogenated alkanes) is 3. The topological polar surface area (TPSA) is 96.9 Å². The first-order valence-electron chi connectivity index (χ1n) is 11.9. The monoisotopic (exact) mass is 433 g/mol. The highest BCUT2D eigenvalue weighted by atomic mass is 16.5. The molecule has 1 aliphatic rings. The molecule has 1 fully saturated rings. The maximum Gasteiger partial charge on any atom is 0.149 e. The van der Waals surface area contributed by atoms with Gasteiger partial charge in [0, 0.05) is 25.9 Å². The average molecular weight is 434 g/mol. The van der Waals surface area contributed by atoms with Crippen LogP contribution in [-0.2, 0) is 16.0 Å². The van der Waals surface area contributed by atoms with E-state index in [1.54, 1.807) is 6.92 Å². The second kappa shape index (κ2) is 17.6. The van der Waals surface area contributed by atoms with Crippen molar-refractivity contribution in [1.29, 1.82) is 0 Å². The van der Waals surface area contributed by atoms with Gasteiger partial charge in [-0.15, -0.1) is 0 Å². The van der Waals surface area contributed by atoms with Gasteiger partial charge in [0.05, 0.1) is 5.92 Å². The van der Waals surface area contributed by atoms with Crippen LogP contribution in [0.1, 0.15) is 76.7 Å². The number of oxime groups is 1. The summed E-state index contributed by atoms with van der Waals surface area (Å²) in [6.45, 7) is 3.77. The molecule has 0 spiro atoms. The highest BCUT2D eigenvalue weighted by molar-refractivity contribution is 5.93. The Morgan fingerprint density at radius 3 is 2.42 bits per heavy atom. The summed E-state index contributed by atoms with van der Waals surface area (Å²) in [4.78, 5) is 10.1. The van der Waals surface area contributed by atoms with Gasteiger partial charge in [0.25, 0.3) is 0 Å². The number of amidine groups is 1. The molecule has 0 saturated heterocycles. The second-order valence-electron chi connectivity index (χ2n) is 8.37. The van der Waals surface area contributed by atoms with Gasteiger partial charge in [-0.1, -0.05) is 56.3 Å². The van der Waals surface area contributed by atoms with Gasteiger partial charge in [0.2, 0.25) is 0 Å². The van der Waals surface area contributed by atoms with Crippen molar-refractivity contribution in [3.05, 3.63) is 29.8 Å². The fraction of sp³-hybridized carbons (Fsp3) is 0.680. The molecular weight excluding hydrogens is 390 g/mol. The van der Waals surface area contributed by atoms with Gasteiger partial charge in [-0.3, -0.25) is 0 Å². The minimum Gasteiger partial charge on any atom is -0.409 e. The Labute approximate surface area is 188 Å². The van der Waals surface area contributed by atoms with Gasteiger partial charge in [0.1, 0.15) is 12.1 Å². The zero-order valence-electron chi connectivity index (χ0n) is 19.5. The third kappa shape index (κ3) is 12.4. The van der Waals surface area contributed by atoms with Crippen molar-refractivity contribution in [2.45, 2.75) is 77.6 Å². The molecule has 1 aromatic rings. The van der Waals surface area contributed by atoms with Crippen molar-refractivity contribution in [2.75, 3.05) is 25.6 Å². The minimum atomic E-state index is -0.435. The molecule has 6 heteroatoms. The van der Waals surface area contributed by atoms with Crippen LogP contribution in [0.4, 0.5) is 5.69 Å². The standard InChI is InChI=1S/C20H33NO.C5H10N2O2/c1-21-20-14-12-18(13-15-20)9-5-2-3-8-16-22-17-19-10-6-4-7-11-19;1-2-4(3-8)5(6)7-9/h12-15,19,21H,2-11,16-17H2,1H3;3-4,9H,2H2,1H3,(H2,6,7). The molecule has 0 amide bonds. The number of anilines is 1. The Kier molecular flexibility index (Phi) is 15.3. The van der Waals surface area contributed by atoms with E-state index in [0.717, 1.165) is 19.1 Å². The Hall–Kier alpha value is -2.08. The van der Waals surface area contributed by atoms with E-state index in [0.29, 0.717) is 12.7 Å². The fourth-order valence-electron chi connectivity index (χ4n) is 3.78. The van der Waals surface area contributed by atoms with Crippen LogP contribution >= 0.6 is 0 Å². The lowest BCUT2D eigenvalue weighted by molar-refractivity contribution is -0.109. The molecule has 0 bridgehead atoms. The van der Waals surface area contributed by atoms with Gasteiger partial charge in [-0.25, -0.2) is 0 Å². The molecule has 0 aliphatic heterocycles. The summed E-state index contributed by atoms with van der Waals surface area (Å²) in [7, 11) is 1.96. The van der Waals surface area contributed by atoms with E-state index >= 15 is 0 Å². The van der Waals surface area contributed by atoms with Crippen LogP contribution in [0.2, 0.25) is 0 Å². The van der Waals surface area contributed by atoms with Gasteiger partial charge < -0.3 is 25.8 Å². The lowest BCUT2D eigenvalue weighted by Crippen LogP contribution is -2.24. The van der Waals surface area contributed by atoms with Crippen molar-refractivity contribution >= 4 is 17.8 Å². The first kappa shape index (κ1) is 27.0. The van der Waals surface area contributed by atoms with Gasteiger partial charge in [-0.05, 0) is 62.1 Å². The summed E-state index contributed by atoms with van der Waals surface area (Å²) < 4.78 is 5.86. The van der Waals surface area contributed by atoms with E-state index < -0.39 is 5.92 Å². The summed E-state index contributed by atoms with van der Waals surface area (Å²) in [5.74, 6) is 0.400. The fourth-order valence-corrected chi connectivity index (χ4v) is 3.78. The van der Waals surface area contributed by atoms with E-state index in [2.05, 4.69) is 34.7 Å². The van der Waals surface area contributed by atoms with E-state index in [-0.39, 0.29) is 5.84 Å². The molecule has 4 N–H and O–H groups in total. The lowest BCUT2D eigenvalue weighted by Gasteiger charge is -2.21. The van der Waals surface area contributed by atoms with E-state index in [4.69, 9.17) is 15.7 Å². The van der Waals surface area contributed by atoms with Crippen molar-refractivity contribution in [3.63, 3.8) is 0 Å². The van der Waals surface area contributed by atoms with Crippen molar-refractivity contribution < 1.29 is 14.7 Å². The Morgan fingerprint density at radius 1 is 1.19 bits per heavy atom. The SMILES string of the molecule is CCC(C=O)/C(N)=N/O.CNc1ccc(CCCCCCOCC2CCCCC2)cc1. The number of nitrogens with zero attached hydrogens (tertiary/aromatic N) is 1. The van der Waals surface area contributed by atoms with Crippen LogP contribution in [0.5, 0.6) is 0 Å². The zero-order valence-corrected chi connectivity index (χ0v) is 19.5. The molecule has 31 heavy (non-hydrogen) atoms. The molecule has 1 saturated carbocycles. The molecule has 0 aromatic heterocycles. The number of carbonyl (C=O) groups excluding carboxylic acids is 1. The van der Waals surface area contributed by atoms with E-state index in [1.807, 2.05) is 7.05 Å². The molecule has 1 aliphatic carbocycles. The predicted molar refractivity (Wildman–Crippen MR) is 129 cm³/mol. The average Bonchev–Trinajstić information content (AvgIpc) is 2.83. The number of ether oxygens (including phenoxy) is 1. The number of aryl methyl sites for hydroxylation is 1. The molecule has 1 aromatic carbocycles. The summed E-state index contributed by atoms with van der Waals surface area (Å²) in [5.41, 5.74) is 7.75. The summed E-state index contributed by atoms with van der Waals surface area (Å²) in [5, 5.41) is 13.9. The number of carbonyl (C=O) groups is 1. The maximum atomic E-state index is 10.1. The van der Waals surface area contributed by atoms with E-state index in [1.165, 1.54) is 75.5 Å². The molecule has 1 atom stereocenters. The van der Waals surface area contributed by atoms with Crippen LogP contribution in [0.25, 0.3) is 0 Å². The summed E-state index contributed by atoms with van der Waals surface area (Å²) in [6, 6.07) is 8.79. The van der Waals surface area contributed by atoms with Crippen LogP contribution < -0.4 is 11.1 Å². The number of hydrogen-bond donors (Lipinski definition) is 3. The molecule has 2 rings (SSSR count). The summed E-state index contributed by atoms with van der Waals surface area (Å²) >= 11 is 0. The van der Waals surface area contributed by atoms with Crippen molar-refractivity contribution in [3.8, 4) is 0 Å². The Morgan fingerprint density at radius 2 is 1.87 bits per heavy atom. The normalized spacial score (nSPS) is 15.6. The molecular formula is C25H43N3O3. The quantitative estimate of drug-likeness (QED) is 0.0968. The largest absolute Gasteiger partial charge is 0.409 e. The van der Waals surface area contributed by atoms with Crippen molar-refractivity contribution in [2.24, 2.45) is 22.7 Å². The van der Waals surface area contributed by atoms with Crippen LogP contribution in [0.3, 0.4) is 0 Å². The minimum absolute atomic E-state index is 0.0208. The third-order valence-corrected chi connectivity index (χ3v) is 5.92. The van der Waals surface area contributed by atoms with Gasteiger partial charge in [0.15, 0.2) is 0 Å².